The fourth-order valence-electron chi connectivity index (χ4n) is 2.41. The van der Waals surface area contributed by atoms with E-state index in [4.69, 9.17) is 4.42 Å². The number of aliphatic hydroxyl groups excluding tert-OH is 3. The van der Waals surface area contributed by atoms with Crippen LogP contribution in [0.2, 0.25) is 0 Å². The summed E-state index contributed by atoms with van der Waals surface area (Å²) in [5.41, 5.74) is 0.838. The van der Waals surface area contributed by atoms with Crippen LogP contribution in [0, 0.1) is 0 Å². The molecular weight excluding hydrogens is 288 g/mol. The van der Waals surface area contributed by atoms with Crippen LogP contribution in [0.4, 0.5) is 0 Å². The summed E-state index contributed by atoms with van der Waals surface area (Å²) in [4.78, 5) is 17.7. The van der Waals surface area contributed by atoms with Crippen molar-refractivity contribution in [2.45, 2.75) is 18.3 Å². The van der Waals surface area contributed by atoms with Crippen molar-refractivity contribution in [1.82, 2.24) is 9.88 Å². The van der Waals surface area contributed by atoms with Gasteiger partial charge in [-0.2, -0.15) is 0 Å². The number of oxazole rings is 1. The number of piperidine rings is 1. The minimum atomic E-state index is -1.25. The standard InChI is InChI=1S/C15H16N2O5/c18-11-6-17(7-12(19)13(11)20)15(21)10-8-22-14(16-10)9-4-2-1-3-5-9/h1-5,8,11-13,18-20H,6-7H2/t11-,12+,13?. The molecular formula is C15H16N2O5. The number of carbonyl (C=O) groups is 1. The lowest BCUT2D eigenvalue weighted by Gasteiger charge is -2.36. The lowest BCUT2D eigenvalue weighted by molar-refractivity contribution is -0.102. The van der Waals surface area contributed by atoms with Gasteiger partial charge in [-0.1, -0.05) is 18.2 Å². The Bertz CT molecular complexity index is 645. The van der Waals surface area contributed by atoms with E-state index in [0.29, 0.717) is 5.89 Å². The first-order valence-corrected chi connectivity index (χ1v) is 6.90. The van der Waals surface area contributed by atoms with Crippen molar-refractivity contribution < 1.29 is 24.5 Å². The Morgan fingerprint density at radius 2 is 1.77 bits per heavy atom. The van der Waals surface area contributed by atoms with Crippen molar-refractivity contribution in [3.63, 3.8) is 0 Å². The van der Waals surface area contributed by atoms with Gasteiger partial charge in [-0.15, -0.1) is 0 Å². The maximum Gasteiger partial charge on any atom is 0.276 e. The third kappa shape index (κ3) is 2.74. The summed E-state index contributed by atoms with van der Waals surface area (Å²) in [6.07, 6.45) is -2.38. The maximum absolute atomic E-state index is 12.3. The molecule has 3 N–H and O–H groups in total. The zero-order chi connectivity index (χ0) is 15.7. The molecule has 7 heteroatoms. The van der Waals surface area contributed by atoms with Gasteiger partial charge in [0.15, 0.2) is 5.69 Å². The van der Waals surface area contributed by atoms with Gasteiger partial charge in [0.2, 0.25) is 5.89 Å². The van der Waals surface area contributed by atoms with Crippen LogP contribution in [-0.4, -0.2) is 62.5 Å². The van der Waals surface area contributed by atoms with Crippen molar-refractivity contribution in [3.05, 3.63) is 42.3 Å². The average Bonchev–Trinajstić information content (AvgIpc) is 3.02. The van der Waals surface area contributed by atoms with Crippen LogP contribution < -0.4 is 0 Å². The second-order valence-electron chi connectivity index (χ2n) is 5.24. The molecule has 0 bridgehead atoms. The molecule has 2 heterocycles. The van der Waals surface area contributed by atoms with Crippen molar-refractivity contribution in [1.29, 1.82) is 0 Å². The Kier molecular flexibility index (Phi) is 3.93. The Labute approximate surface area is 126 Å². The summed E-state index contributed by atoms with van der Waals surface area (Å²) in [6, 6.07) is 9.15. The van der Waals surface area contributed by atoms with E-state index < -0.39 is 24.2 Å². The number of aliphatic hydroxyl groups is 3. The third-order valence-electron chi connectivity index (χ3n) is 3.63. The molecule has 116 valence electrons. The van der Waals surface area contributed by atoms with Crippen molar-refractivity contribution >= 4 is 5.91 Å². The number of nitrogens with zero attached hydrogens (tertiary/aromatic N) is 2. The lowest BCUT2D eigenvalue weighted by Crippen LogP contribution is -2.56. The molecule has 7 nitrogen and oxygen atoms in total. The van der Waals surface area contributed by atoms with Gasteiger partial charge in [-0.25, -0.2) is 4.98 Å². The molecule has 1 aromatic carbocycles. The molecule has 0 radical (unpaired) electrons. The molecule has 22 heavy (non-hydrogen) atoms. The first kappa shape index (κ1) is 14.7. The molecule has 3 atom stereocenters. The van der Waals surface area contributed by atoms with Gasteiger partial charge >= 0.3 is 0 Å². The smallest absolute Gasteiger partial charge is 0.276 e. The zero-order valence-corrected chi connectivity index (χ0v) is 11.7. The quantitative estimate of drug-likeness (QED) is 0.714. The number of benzene rings is 1. The predicted molar refractivity (Wildman–Crippen MR) is 75.9 cm³/mol. The molecule has 0 spiro atoms. The SMILES string of the molecule is O=C(c1coc(-c2ccccc2)n1)N1C[C@@H](O)C(O)[C@@H](O)C1. The van der Waals surface area contributed by atoms with Crippen LogP contribution in [0.5, 0.6) is 0 Å². The van der Waals surface area contributed by atoms with Crippen LogP contribution >= 0.6 is 0 Å². The first-order chi connectivity index (χ1) is 10.6. The second-order valence-corrected chi connectivity index (χ2v) is 5.24. The summed E-state index contributed by atoms with van der Waals surface area (Å²) in [6.45, 7) is -0.130. The minimum absolute atomic E-state index is 0.0649. The Hall–Kier alpha value is -2.22. The number of rotatable bonds is 2. The Balaban J connectivity index is 1.77. The van der Waals surface area contributed by atoms with Gasteiger partial charge in [0.25, 0.3) is 5.91 Å². The number of amides is 1. The van der Waals surface area contributed by atoms with Gasteiger partial charge in [0.05, 0.1) is 0 Å². The fraction of sp³-hybridized carbons (Fsp3) is 0.333. The van der Waals surface area contributed by atoms with Crippen molar-refractivity contribution in [2.75, 3.05) is 13.1 Å². The highest BCUT2D eigenvalue weighted by Gasteiger charge is 2.36. The second kappa shape index (κ2) is 5.88. The molecule has 1 saturated heterocycles. The number of β-amino-alcohol motifs (C(OH)–C–C–N with tert-alkyl or cyclic N) is 2. The van der Waals surface area contributed by atoms with E-state index in [1.165, 1.54) is 11.2 Å². The van der Waals surface area contributed by atoms with Crippen LogP contribution in [0.15, 0.2) is 41.0 Å². The molecule has 1 unspecified atom stereocenters. The van der Waals surface area contributed by atoms with Crippen LogP contribution in [-0.2, 0) is 0 Å². The lowest BCUT2D eigenvalue weighted by atomic mass is 10.0. The monoisotopic (exact) mass is 304 g/mol. The average molecular weight is 304 g/mol. The molecule has 0 saturated carbocycles. The van der Waals surface area contributed by atoms with E-state index in [1.54, 1.807) is 0 Å². The maximum atomic E-state index is 12.3. The molecule has 1 aliphatic rings. The van der Waals surface area contributed by atoms with Crippen LogP contribution in [0.25, 0.3) is 11.5 Å². The first-order valence-electron chi connectivity index (χ1n) is 6.90. The molecule has 1 fully saturated rings. The van der Waals surface area contributed by atoms with E-state index >= 15 is 0 Å². The van der Waals surface area contributed by atoms with Gasteiger partial charge < -0.3 is 24.6 Å². The third-order valence-corrected chi connectivity index (χ3v) is 3.63. The van der Waals surface area contributed by atoms with E-state index in [2.05, 4.69) is 4.98 Å². The summed E-state index contributed by atoms with van der Waals surface area (Å²) < 4.78 is 5.30. The molecule has 1 aliphatic heterocycles. The van der Waals surface area contributed by atoms with Crippen molar-refractivity contribution in [2.24, 2.45) is 0 Å². The summed E-state index contributed by atoms with van der Waals surface area (Å²) >= 11 is 0. The predicted octanol–water partition coefficient (Wildman–Crippen LogP) is -0.120. The highest BCUT2D eigenvalue weighted by atomic mass is 16.4. The number of hydrogen-bond acceptors (Lipinski definition) is 6. The summed E-state index contributed by atoms with van der Waals surface area (Å²) in [5, 5.41) is 28.8. The van der Waals surface area contributed by atoms with E-state index in [9.17, 15) is 20.1 Å². The van der Waals surface area contributed by atoms with Crippen LogP contribution in [0.1, 0.15) is 10.5 Å². The largest absolute Gasteiger partial charge is 0.444 e. The molecule has 3 rings (SSSR count). The van der Waals surface area contributed by atoms with Gasteiger partial charge in [-0.05, 0) is 12.1 Å². The number of hydrogen-bond donors (Lipinski definition) is 3. The summed E-state index contributed by atoms with van der Waals surface area (Å²) in [7, 11) is 0. The fourth-order valence-corrected chi connectivity index (χ4v) is 2.41. The Morgan fingerprint density at radius 3 is 2.41 bits per heavy atom. The molecule has 1 amide bonds. The molecule has 1 aromatic heterocycles. The Morgan fingerprint density at radius 1 is 1.14 bits per heavy atom. The minimum Gasteiger partial charge on any atom is -0.444 e. The topological polar surface area (TPSA) is 107 Å². The van der Waals surface area contributed by atoms with E-state index in [-0.39, 0.29) is 18.8 Å². The molecule has 2 aromatic rings. The van der Waals surface area contributed by atoms with Gasteiger partial charge in [0, 0.05) is 18.7 Å². The highest BCUT2D eigenvalue weighted by molar-refractivity contribution is 5.92. The zero-order valence-electron chi connectivity index (χ0n) is 11.7. The number of aromatic nitrogens is 1. The normalized spacial score (nSPS) is 25.2. The van der Waals surface area contributed by atoms with Crippen molar-refractivity contribution in [3.8, 4) is 11.5 Å². The van der Waals surface area contributed by atoms with Gasteiger partial charge in [0.1, 0.15) is 24.6 Å². The van der Waals surface area contributed by atoms with E-state index in [0.717, 1.165) is 5.56 Å². The molecule has 0 aliphatic carbocycles. The van der Waals surface area contributed by atoms with E-state index in [1.807, 2.05) is 30.3 Å². The summed E-state index contributed by atoms with van der Waals surface area (Å²) in [5.74, 6) is -0.141. The number of carbonyl (C=O) groups excluding carboxylic acids is 1. The van der Waals surface area contributed by atoms with Gasteiger partial charge in [-0.3, -0.25) is 4.79 Å². The van der Waals surface area contributed by atoms with Crippen LogP contribution in [0.3, 0.4) is 0 Å². The highest BCUT2D eigenvalue weighted by Crippen LogP contribution is 2.20. The number of likely N-dealkylation sites (tertiary alicyclic amines) is 1.